The zero-order valence-corrected chi connectivity index (χ0v) is 21.8. The summed E-state index contributed by atoms with van der Waals surface area (Å²) in [5, 5.41) is 30.1. The van der Waals surface area contributed by atoms with Gasteiger partial charge in [0.15, 0.2) is 0 Å². The van der Waals surface area contributed by atoms with Crippen LogP contribution in [0.2, 0.25) is 0 Å². The number of phenolic OH excluding ortho intramolecular Hbond substituents is 1. The number of hydrogen-bond acceptors (Lipinski definition) is 9. The Morgan fingerprint density at radius 2 is 1.87 bits per heavy atom. The summed E-state index contributed by atoms with van der Waals surface area (Å²) in [6, 6.07) is 6.88. The molecule has 0 aliphatic carbocycles. The molecule has 2 atom stereocenters. The summed E-state index contributed by atoms with van der Waals surface area (Å²) >= 11 is 0. The second kappa shape index (κ2) is 11.5. The van der Waals surface area contributed by atoms with Gasteiger partial charge in [-0.1, -0.05) is 6.07 Å². The first-order valence-electron chi connectivity index (χ1n) is 13.5. The fourth-order valence-electron chi connectivity index (χ4n) is 5.46. The van der Waals surface area contributed by atoms with Crippen molar-refractivity contribution in [1.29, 1.82) is 0 Å². The first-order chi connectivity index (χ1) is 18.4. The van der Waals surface area contributed by atoms with E-state index in [0.29, 0.717) is 37.8 Å². The molecule has 5 N–H and O–H groups in total. The highest BCUT2D eigenvalue weighted by Gasteiger charge is 2.27. The van der Waals surface area contributed by atoms with Crippen LogP contribution in [0.25, 0.3) is 0 Å². The van der Waals surface area contributed by atoms with Crippen LogP contribution in [0, 0.1) is 0 Å². The van der Waals surface area contributed by atoms with E-state index in [2.05, 4.69) is 25.8 Å². The molecule has 0 bridgehead atoms. The van der Waals surface area contributed by atoms with E-state index in [1.165, 1.54) is 0 Å². The molecule has 0 radical (unpaired) electrons. The van der Waals surface area contributed by atoms with Gasteiger partial charge >= 0.3 is 0 Å². The molecule has 204 valence electrons. The number of carbonyl (C=O) groups excluding carboxylic acids is 2. The molecule has 2 saturated heterocycles. The molecular formula is C27H37N7O4. The van der Waals surface area contributed by atoms with Crippen molar-refractivity contribution in [3.05, 3.63) is 41.1 Å². The summed E-state index contributed by atoms with van der Waals surface area (Å²) < 4.78 is 0. The molecule has 3 aliphatic rings. The Balaban J connectivity index is 1.23. The Morgan fingerprint density at radius 3 is 2.61 bits per heavy atom. The monoisotopic (exact) mass is 523 g/mol. The minimum atomic E-state index is -0.787. The highest BCUT2D eigenvalue weighted by Crippen LogP contribution is 2.23. The van der Waals surface area contributed by atoms with Crippen molar-refractivity contribution < 1.29 is 19.8 Å². The molecule has 2 amide bonds. The third-order valence-electron chi connectivity index (χ3n) is 7.75. The number of aliphatic hydroxyl groups excluding tert-OH is 1. The van der Waals surface area contributed by atoms with Crippen LogP contribution in [-0.2, 0) is 17.8 Å². The quantitative estimate of drug-likeness (QED) is 0.359. The molecule has 4 heterocycles. The third kappa shape index (κ3) is 6.16. The highest BCUT2D eigenvalue weighted by atomic mass is 16.3. The normalized spacial score (nSPS) is 20.6. The molecule has 0 spiro atoms. The van der Waals surface area contributed by atoms with Crippen LogP contribution in [-0.4, -0.2) is 87.8 Å². The van der Waals surface area contributed by atoms with Crippen molar-refractivity contribution in [2.45, 2.75) is 63.8 Å². The Labute approximate surface area is 222 Å². The molecular weight excluding hydrogens is 486 g/mol. The number of hydrogen-bond donors (Lipinski definition) is 5. The molecule has 0 saturated carbocycles. The average Bonchev–Trinajstić information content (AvgIpc) is 3.46. The number of fused-ring (bicyclic) bond motifs is 1. The number of aromatic nitrogens is 2. The van der Waals surface area contributed by atoms with E-state index < -0.39 is 6.10 Å². The maximum Gasteiger partial charge on any atom is 0.270 e. The van der Waals surface area contributed by atoms with Gasteiger partial charge in [0, 0.05) is 64.3 Å². The van der Waals surface area contributed by atoms with E-state index >= 15 is 0 Å². The number of rotatable bonds is 7. The summed E-state index contributed by atoms with van der Waals surface area (Å²) in [5.41, 5.74) is 2.35. The van der Waals surface area contributed by atoms with Crippen molar-refractivity contribution >= 4 is 23.6 Å². The van der Waals surface area contributed by atoms with Gasteiger partial charge in [0.2, 0.25) is 11.9 Å². The van der Waals surface area contributed by atoms with Crippen LogP contribution in [0.5, 0.6) is 5.75 Å². The predicted molar refractivity (Wildman–Crippen MR) is 143 cm³/mol. The van der Waals surface area contributed by atoms with Crippen molar-refractivity contribution in [3.8, 4) is 5.75 Å². The number of aromatic hydroxyl groups is 1. The van der Waals surface area contributed by atoms with Gasteiger partial charge in [0.1, 0.15) is 17.3 Å². The minimum absolute atomic E-state index is 0.0826. The lowest BCUT2D eigenvalue weighted by molar-refractivity contribution is -0.129. The Kier molecular flexibility index (Phi) is 7.94. The SMILES string of the molecule is CC(=O)N1CCC(Nc2cc(C(=O)NC[C@@H](O)[C@@H]3Cc4ccc(O)cc4CN3)nc(N3CCCC3)n2)CC1. The van der Waals surface area contributed by atoms with Crippen molar-refractivity contribution in [3.63, 3.8) is 0 Å². The zero-order valence-electron chi connectivity index (χ0n) is 21.8. The molecule has 2 fully saturated rings. The van der Waals surface area contributed by atoms with Gasteiger partial charge in [-0.25, -0.2) is 4.98 Å². The molecule has 3 aliphatic heterocycles. The Hall–Kier alpha value is -3.44. The Morgan fingerprint density at radius 1 is 1.11 bits per heavy atom. The molecule has 0 unspecified atom stereocenters. The lowest BCUT2D eigenvalue weighted by atomic mass is 9.92. The lowest BCUT2D eigenvalue weighted by Crippen LogP contribution is -2.49. The van der Waals surface area contributed by atoms with Crippen molar-refractivity contribution in [2.24, 2.45) is 0 Å². The van der Waals surface area contributed by atoms with Crippen LogP contribution >= 0.6 is 0 Å². The number of benzene rings is 1. The maximum atomic E-state index is 13.1. The van der Waals surface area contributed by atoms with E-state index in [0.717, 1.165) is 49.9 Å². The number of carbonyl (C=O) groups is 2. The van der Waals surface area contributed by atoms with Crippen LogP contribution in [0.1, 0.15) is 54.2 Å². The summed E-state index contributed by atoms with van der Waals surface area (Å²) in [6.07, 6.45) is 3.58. The van der Waals surface area contributed by atoms with Gasteiger partial charge in [-0.05, 0) is 55.4 Å². The van der Waals surface area contributed by atoms with E-state index in [1.54, 1.807) is 25.1 Å². The number of nitrogens with zero attached hydrogens (tertiary/aromatic N) is 4. The molecule has 11 nitrogen and oxygen atoms in total. The topological polar surface area (TPSA) is 143 Å². The fourth-order valence-corrected chi connectivity index (χ4v) is 5.46. The first kappa shape index (κ1) is 26.2. The van der Waals surface area contributed by atoms with Crippen molar-refractivity contribution in [2.75, 3.05) is 42.9 Å². The number of aliphatic hydroxyl groups is 1. The van der Waals surface area contributed by atoms with E-state index in [4.69, 9.17) is 4.98 Å². The van der Waals surface area contributed by atoms with Gasteiger partial charge in [0.05, 0.1) is 6.10 Å². The highest BCUT2D eigenvalue weighted by molar-refractivity contribution is 5.93. The fraction of sp³-hybridized carbons (Fsp3) is 0.556. The van der Waals surface area contributed by atoms with Crippen molar-refractivity contribution in [1.82, 2.24) is 25.5 Å². The first-order valence-corrected chi connectivity index (χ1v) is 13.5. The summed E-state index contributed by atoms with van der Waals surface area (Å²) in [5.74, 6) is 1.10. The summed E-state index contributed by atoms with van der Waals surface area (Å²) in [4.78, 5) is 38.0. The van der Waals surface area contributed by atoms with Crippen LogP contribution in [0.3, 0.4) is 0 Å². The minimum Gasteiger partial charge on any atom is -0.508 e. The second-order valence-corrected chi connectivity index (χ2v) is 10.5. The number of amides is 2. The number of anilines is 2. The number of nitrogens with one attached hydrogen (secondary N) is 3. The van der Waals surface area contributed by atoms with Crippen LogP contribution in [0.4, 0.5) is 11.8 Å². The van der Waals surface area contributed by atoms with Crippen LogP contribution in [0.15, 0.2) is 24.3 Å². The van der Waals surface area contributed by atoms with Gasteiger partial charge in [0.25, 0.3) is 5.91 Å². The predicted octanol–water partition coefficient (Wildman–Crippen LogP) is 1.01. The molecule has 11 heteroatoms. The van der Waals surface area contributed by atoms with Gasteiger partial charge < -0.3 is 36.0 Å². The third-order valence-corrected chi connectivity index (χ3v) is 7.75. The molecule has 2 aromatic rings. The molecule has 1 aromatic heterocycles. The lowest BCUT2D eigenvalue weighted by Gasteiger charge is -2.32. The van der Waals surface area contributed by atoms with E-state index in [9.17, 15) is 19.8 Å². The van der Waals surface area contributed by atoms with Gasteiger partial charge in [-0.15, -0.1) is 0 Å². The summed E-state index contributed by atoms with van der Waals surface area (Å²) in [7, 11) is 0. The molecule has 5 rings (SSSR count). The standard InChI is InChI=1S/C27H37N7O4/c1-17(35)33-10-6-20(7-11-33)30-25-14-23(31-27(32-25)34-8-2-3-9-34)26(38)29-16-24(37)22-13-18-4-5-21(36)12-19(18)15-28-22/h4-5,12,14,20,22,24,28,36-37H,2-3,6-11,13,15-16H2,1H3,(H,29,38)(H,30,31,32)/t22-,24+/m0/s1. The van der Waals surface area contributed by atoms with Gasteiger partial charge in [-0.3, -0.25) is 9.59 Å². The van der Waals surface area contributed by atoms with Crippen LogP contribution < -0.4 is 20.9 Å². The van der Waals surface area contributed by atoms with E-state index in [1.807, 2.05) is 11.0 Å². The maximum absolute atomic E-state index is 13.1. The molecule has 1 aromatic carbocycles. The van der Waals surface area contributed by atoms with E-state index in [-0.39, 0.29) is 41.9 Å². The number of phenols is 1. The smallest absolute Gasteiger partial charge is 0.270 e. The summed E-state index contributed by atoms with van der Waals surface area (Å²) in [6.45, 7) is 5.33. The largest absolute Gasteiger partial charge is 0.508 e. The average molecular weight is 524 g/mol. The molecule has 38 heavy (non-hydrogen) atoms. The number of piperidine rings is 1. The Bertz CT molecular complexity index is 1160. The zero-order chi connectivity index (χ0) is 26.6. The second-order valence-electron chi connectivity index (χ2n) is 10.5. The van der Waals surface area contributed by atoms with Gasteiger partial charge in [-0.2, -0.15) is 4.98 Å². The number of likely N-dealkylation sites (tertiary alicyclic amines) is 1.